The van der Waals surface area contributed by atoms with E-state index in [1.54, 1.807) is 36.4 Å². The number of amides is 1. The largest absolute Gasteiger partial charge is 0.325 e. The molecule has 1 aliphatic heterocycles. The smallest absolute Gasteiger partial charge is 0.228 e. The van der Waals surface area contributed by atoms with E-state index in [1.165, 1.54) is 10.4 Å². The second kappa shape index (κ2) is 8.43. The van der Waals surface area contributed by atoms with Crippen LogP contribution in [0, 0.1) is 5.92 Å². The lowest BCUT2D eigenvalue weighted by atomic mass is 9.97. The van der Waals surface area contributed by atoms with E-state index in [-0.39, 0.29) is 18.2 Å². The van der Waals surface area contributed by atoms with Crippen LogP contribution in [0.3, 0.4) is 0 Å². The molecule has 1 N–H and O–H groups in total. The molecule has 0 aliphatic carbocycles. The molecule has 28 heavy (non-hydrogen) atoms. The van der Waals surface area contributed by atoms with Crippen molar-refractivity contribution in [2.45, 2.75) is 12.8 Å². The van der Waals surface area contributed by atoms with E-state index in [4.69, 9.17) is 11.6 Å². The molecular weight excluding hydrogens is 400 g/mol. The summed E-state index contributed by atoms with van der Waals surface area (Å²) in [5.74, 6) is -1.03. The molecule has 2 aromatic rings. The normalized spacial score (nSPS) is 17.9. The number of sulfonamides is 1. The van der Waals surface area contributed by atoms with Crippen molar-refractivity contribution in [3.05, 3.63) is 64.7 Å². The van der Waals surface area contributed by atoms with E-state index < -0.39 is 15.9 Å². The Morgan fingerprint density at radius 3 is 2.54 bits per heavy atom. The average molecular weight is 421 g/mol. The highest BCUT2D eigenvalue weighted by atomic mass is 35.5. The Morgan fingerprint density at radius 2 is 1.86 bits per heavy atom. The van der Waals surface area contributed by atoms with Crippen molar-refractivity contribution < 1.29 is 18.0 Å². The van der Waals surface area contributed by atoms with Gasteiger partial charge in [0.2, 0.25) is 15.9 Å². The number of rotatable bonds is 5. The van der Waals surface area contributed by atoms with E-state index in [9.17, 15) is 18.0 Å². The molecule has 1 atom stereocenters. The molecule has 2 aromatic carbocycles. The molecule has 148 valence electrons. The maximum absolute atomic E-state index is 12.9. The highest BCUT2D eigenvalue weighted by Crippen LogP contribution is 2.26. The van der Waals surface area contributed by atoms with Crippen molar-refractivity contribution in [1.82, 2.24) is 4.31 Å². The Balaban J connectivity index is 1.82. The maximum atomic E-state index is 12.9. The molecular formula is C20H21ClN2O4S. The van der Waals surface area contributed by atoms with Crippen LogP contribution in [0.4, 0.5) is 5.69 Å². The summed E-state index contributed by atoms with van der Waals surface area (Å²) >= 11 is 6.06. The van der Waals surface area contributed by atoms with E-state index in [0.717, 1.165) is 6.26 Å². The number of hydrogen-bond acceptors (Lipinski definition) is 4. The number of piperidine rings is 1. The minimum atomic E-state index is -3.35. The standard InChI is InChI=1S/C20H21ClN2O4S/c1-28(26,27)23-11-5-8-15(13-23)20(25)22-18-10-9-16(21)12-17(18)19(24)14-6-3-2-4-7-14/h2-4,6-7,9-10,12,15H,5,8,11,13H2,1H3,(H,22,25)/t15-/m0/s1. The van der Waals surface area contributed by atoms with Crippen molar-refractivity contribution in [3.63, 3.8) is 0 Å². The van der Waals surface area contributed by atoms with Gasteiger partial charge in [-0.3, -0.25) is 9.59 Å². The Morgan fingerprint density at radius 1 is 1.14 bits per heavy atom. The number of carbonyl (C=O) groups is 2. The van der Waals surface area contributed by atoms with Crippen molar-refractivity contribution in [3.8, 4) is 0 Å². The summed E-state index contributed by atoms with van der Waals surface area (Å²) in [5.41, 5.74) is 1.14. The Kier molecular flexibility index (Phi) is 6.17. The number of hydrogen-bond donors (Lipinski definition) is 1. The summed E-state index contributed by atoms with van der Waals surface area (Å²) < 4.78 is 24.9. The first-order valence-corrected chi connectivity index (χ1v) is 11.1. The van der Waals surface area contributed by atoms with Crippen molar-refractivity contribution in [2.24, 2.45) is 5.92 Å². The van der Waals surface area contributed by atoms with Crippen molar-refractivity contribution in [2.75, 3.05) is 24.7 Å². The molecule has 0 spiro atoms. The number of halogens is 1. The van der Waals surface area contributed by atoms with Gasteiger partial charge >= 0.3 is 0 Å². The zero-order valence-electron chi connectivity index (χ0n) is 15.4. The van der Waals surface area contributed by atoms with Gasteiger partial charge in [-0.15, -0.1) is 0 Å². The first-order valence-electron chi connectivity index (χ1n) is 8.91. The Labute approximate surface area is 169 Å². The highest BCUT2D eigenvalue weighted by molar-refractivity contribution is 7.88. The van der Waals surface area contributed by atoms with Crippen LogP contribution < -0.4 is 5.32 Å². The molecule has 1 saturated heterocycles. The van der Waals surface area contributed by atoms with Gasteiger partial charge in [0.25, 0.3) is 0 Å². The molecule has 0 radical (unpaired) electrons. The number of nitrogens with zero attached hydrogens (tertiary/aromatic N) is 1. The minimum Gasteiger partial charge on any atom is -0.325 e. The molecule has 3 rings (SSSR count). The lowest BCUT2D eigenvalue weighted by Crippen LogP contribution is -2.43. The van der Waals surface area contributed by atoms with E-state index in [0.29, 0.717) is 41.2 Å². The van der Waals surface area contributed by atoms with Crippen LogP contribution in [-0.4, -0.2) is 43.8 Å². The molecule has 1 heterocycles. The molecule has 0 unspecified atom stereocenters. The average Bonchev–Trinajstić information content (AvgIpc) is 2.69. The Hall–Kier alpha value is -2.22. The van der Waals surface area contributed by atoms with Gasteiger partial charge in [0.05, 0.1) is 17.9 Å². The summed E-state index contributed by atoms with van der Waals surface area (Å²) in [4.78, 5) is 25.6. The molecule has 1 fully saturated rings. The van der Waals surface area contributed by atoms with Gasteiger partial charge in [-0.05, 0) is 31.0 Å². The van der Waals surface area contributed by atoms with Gasteiger partial charge in [0.1, 0.15) is 0 Å². The van der Waals surface area contributed by atoms with Crippen LogP contribution in [0.2, 0.25) is 5.02 Å². The highest BCUT2D eigenvalue weighted by Gasteiger charge is 2.30. The number of ketones is 1. The predicted molar refractivity (Wildman–Crippen MR) is 109 cm³/mol. The predicted octanol–water partition coefficient (Wildman–Crippen LogP) is 3.18. The first kappa shape index (κ1) is 20.5. The second-order valence-electron chi connectivity index (χ2n) is 6.83. The molecule has 6 nitrogen and oxygen atoms in total. The van der Waals surface area contributed by atoms with Crippen LogP contribution in [0.5, 0.6) is 0 Å². The molecule has 8 heteroatoms. The van der Waals surface area contributed by atoms with Crippen LogP contribution >= 0.6 is 11.6 Å². The summed E-state index contributed by atoms with van der Waals surface area (Å²) in [6, 6.07) is 13.4. The molecule has 0 saturated carbocycles. The third kappa shape index (κ3) is 4.79. The molecule has 1 amide bonds. The van der Waals surface area contributed by atoms with Crippen LogP contribution in [-0.2, 0) is 14.8 Å². The molecule has 0 aromatic heterocycles. The number of anilines is 1. The fraction of sp³-hybridized carbons (Fsp3) is 0.300. The monoisotopic (exact) mass is 420 g/mol. The topological polar surface area (TPSA) is 83.6 Å². The van der Waals surface area contributed by atoms with E-state index in [1.807, 2.05) is 6.07 Å². The fourth-order valence-corrected chi connectivity index (χ4v) is 4.33. The second-order valence-corrected chi connectivity index (χ2v) is 9.25. The lowest BCUT2D eigenvalue weighted by Gasteiger charge is -2.30. The van der Waals surface area contributed by atoms with Gasteiger partial charge < -0.3 is 5.32 Å². The van der Waals surface area contributed by atoms with Gasteiger partial charge in [-0.2, -0.15) is 0 Å². The third-order valence-electron chi connectivity index (χ3n) is 4.74. The zero-order valence-corrected chi connectivity index (χ0v) is 17.0. The lowest BCUT2D eigenvalue weighted by molar-refractivity contribution is -0.120. The summed E-state index contributed by atoms with van der Waals surface area (Å²) in [6.45, 7) is 0.557. The fourth-order valence-electron chi connectivity index (χ4n) is 3.25. The summed E-state index contributed by atoms with van der Waals surface area (Å²) in [6.07, 6.45) is 2.35. The van der Waals surface area contributed by atoms with Crippen molar-refractivity contribution in [1.29, 1.82) is 0 Å². The minimum absolute atomic E-state index is 0.139. The molecule has 0 bridgehead atoms. The third-order valence-corrected chi connectivity index (χ3v) is 6.25. The SMILES string of the molecule is CS(=O)(=O)N1CCC[C@H](C(=O)Nc2ccc(Cl)cc2C(=O)c2ccccc2)C1. The van der Waals surface area contributed by atoms with E-state index >= 15 is 0 Å². The van der Waals surface area contributed by atoms with Crippen molar-refractivity contribution >= 4 is 39.0 Å². The molecule has 1 aliphatic rings. The number of benzene rings is 2. The van der Waals surface area contributed by atoms with Crippen LogP contribution in [0.25, 0.3) is 0 Å². The zero-order chi connectivity index (χ0) is 20.3. The van der Waals surface area contributed by atoms with Gasteiger partial charge in [0, 0.05) is 29.2 Å². The van der Waals surface area contributed by atoms with E-state index in [2.05, 4.69) is 5.32 Å². The summed E-state index contributed by atoms with van der Waals surface area (Å²) in [7, 11) is -3.35. The quantitative estimate of drug-likeness (QED) is 0.753. The number of carbonyl (C=O) groups excluding carboxylic acids is 2. The first-order chi connectivity index (χ1) is 13.3. The van der Waals surface area contributed by atoms with Gasteiger partial charge in [0.15, 0.2) is 5.78 Å². The van der Waals surface area contributed by atoms with Crippen LogP contribution in [0.15, 0.2) is 48.5 Å². The Bertz CT molecular complexity index is 993. The number of nitrogens with one attached hydrogen (secondary N) is 1. The van der Waals surface area contributed by atoms with Crippen LogP contribution in [0.1, 0.15) is 28.8 Å². The van der Waals surface area contributed by atoms with Gasteiger partial charge in [-0.25, -0.2) is 12.7 Å². The maximum Gasteiger partial charge on any atom is 0.228 e. The van der Waals surface area contributed by atoms with Gasteiger partial charge in [-0.1, -0.05) is 41.9 Å². The summed E-state index contributed by atoms with van der Waals surface area (Å²) in [5, 5.41) is 3.18.